The summed E-state index contributed by atoms with van der Waals surface area (Å²) in [5.74, 6) is -3.03. The molecule has 1 atom stereocenters. The van der Waals surface area contributed by atoms with Gasteiger partial charge in [-0.2, -0.15) is 26.3 Å². The van der Waals surface area contributed by atoms with Crippen LogP contribution >= 0.6 is 0 Å². The molecular weight excluding hydrogens is 825 g/mol. The van der Waals surface area contributed by atoms with E-state index in [0.717, 1.165) is 76.9 Å². The van der Waals surface area contributed by atoms with Gasteiger partial charge in [0, 0.05) is 12.7 Å². The van der Waals surface area contributed by atoms with Crippen molar-refractivity contribution in [3.05, 3.63) is 157 Å². The molecule has 2 aliphatic heterocycles. The number of halogens is 6. The van der Waals surface area contributed by atoms with E-state index in [-0.39, 0.29) is 56.1 Å². The first-order valence-electron chi connectivity index (χ1n) is 18.7. The molecule has 0 saturated heterocycles. The molecule has 0 fully saturated rings. The van der Waals surface area contributed by atoms with E-state index < -0.39 is 57.0 Å². The zero-order valence-electron chi connectivity index (χ0n) is 33.7. The second-order valence-corrected chi connectivity index (χ2v) is 17.2. The third-order valence-electron chi connectivity index (χ3n) is 11.8. The molecule has 0 bridgehead atoms. The molecule has 4 amide bonds. The highest BCUT2D eigenvalue weighted by Gasteiger charge is 2.55. The van der Waals surface area contributed by atoms with E-state index in [1.807, 2.05) is 6.92 Å². The zero-order chi connectivity index (χ0) is 44.9. The fourth-order valence-electron chi connectivity index (χ4n) is 8.22. The third-order valence-corrected chi connectivity index (χ3v) is 13.4. The topological polar surface area (TPSA) is 121 Å². The van der Waals surface area contributed by atoms with Crippen LogP contribution in [0.2, 0.25) is 0 Å². The van der Waals surface area contributed by atoms with E-state index in [4.69, 9.17) is 0 Å². The summed E-state index contributed by atoms with van der Waals surface area (Å²) in [7, 11) is -3.12. The van der Waals surface area contributed by atoms with Crippen LogP contribution in [0.1, 0.15) is 104 Å². The SMILES string of the molecule is Cc1cc(Cc2cc(C)c(N3C(=O)c4ccc(C(C)(c5ccc6c(c5)C(=O)N(C)C6=O)C(F)(F)F)cc4C3=O)c(C)c2)c(S(=O)(=O)Nc2ccc(C(F)(F)F)cc2)c(C)c1C. The minimum Gasteiger partial charge on any atom is -0.280 e. The Morgan fingerprint density at radius 1 is 0.590 bits per heavy atom. The van der Waals surface area contributed by atoms with Crippen molar-refractivity contribution in [1.82, 2.24) is 4.90 Å². The van der Waals surface area contributed by atoms with Gasteiger partial charge in [0.1, 0.15) is 5.41 Å². The van der Waals surface area contributed by atoms with Gasteiger partial charge in [-0.05, 0) is 147 Å². The Morgan fingerprint density at radius 2 is 1.07 bits per heavy atom. The van der Waals surface area contributed by atoms with Gasteiger partial charge in [0.2, 0.25) is 0 Å². The molecule has 1 N–H and O–H groups in total. The van der Waals surface area contributed by atoms with Crippen LogP contribution in [0.15, 0.2) is 83.8 Å². The highest BCUT2D eigenvalue weighted by Crippen LogP contribution is 2.48. The van der Waals surface area contributed by atoms with Crippen molar-refractivity contribution < 1.29 is 53.9 Å². The van der Waals surface area contributed by atoms with Crippen LogP contribution in [0.25, 0.3) is 0 Å². The van der Waals surface area contributed by atoms with Crippen LogP contribution in [0, 0.1) is 34.6 Å². The molecule has 16 heteroatoms. The number of nitrogens with zero attached hydrogens (tertiary/aromatic N) is 2. The highest BCUT2D eigenvalue weighted by molar-refractivity contribution is 7.92. The van der Waals surface area contributed by atoms with Gasteiger partial charge in [0.05, 0.1) is 38.4 Å². The summed E-state index contributed by atoms with van der Waals surface area (Å²) in [6, 6.07) is 15.2. The Morgan fingerprint density at radius 3 is 1.59 bits per heavy atom. The Labute approximate surface area is 347 Å². The molecular formula is C45H37F6N3O6S. The smallest absolute Gasteiger partial charge is 0.280 e. The molecule has 0 spiro atoms. The van der Waals surface area contributed by atoms with Gasteiger partial charge < -0.3 is 0 Å². The van der Waals surface area contributed by atoms with E-state index >= 15 is 13.2 Å². The molecule has 0 aliphatic carbocycles. The van der Waals surface area contributed by atoms with Crippen molar-refractivity contribution >= 4 is 45.0 Å². The normalized spacial score (nSPS) is 15.4. The molecule has 61 heavy (non-hydrogen) atoms. The molecule has 2 heterocycles. The molecule has 5 aromatic rings. The summed E-state index contributed by atoms with van der Waals surface area (Å²) in [6.45, 7) is 9.35. The average molecular weight is 862 g/mol. The summed E-state index contributed by atoms with van der Waals surface area (Å²) in [5, 5.41) is 0. The van der Waals surface area contributed by atoms with Gasteiger partial charge in [0.15, 0.2) is 0 Å². The van der Waals surface area contributed by atoms with E-state index in [9.17, 15) is 40.8 Å². The van der Waals surface area contributed by atoms with Gasteiger partial charge in [-0.15, -0.1) is 0 Å². The summed E-state index contributed by atoms with van der Waals surface area (Å²) >= 11 is 0. The minimum absolute atomic E-state index is 0.0360. The highest BCUT2D eigenvalue weighted by atomic mass is 32.2. The van der Waals surface area contributed by atoms with Crippen LogP contribution in [0.4, 0.5) is 37.7 Å². The van der Waals surface area contributed by atoms with Crippen LogP contribution in [-0.2, 0) is 28.0 Å². The first-order chi connectivity index (χ1) is 28.3. The molecule has 0 aromatic heterocycles. The largest absolute Gasteiger partial charge is 0.416 e. The lowest BCUT2D eigenvalue weighted by atomic mass is 9.74. The maximum Gasteiger partial charge on any atom is 0.416 e. The predicted octanol–water partition coefficient (Wildman–Crippen LogP) is 9.53. The Balaban J connectivity index is 1.22. The molecule has 0 saturated carbocycles. The number of fused-ring (bicyclic) bond motifs is 2. The van der Waals surface area contributed by atoms with E-state index in [1.165, 1.54) is 13.1 Å². The molecule has 9 nitrogen and oxygen atoms in total. The van der Waals surface area contributed by atoms with Crippen molar-refractivity contribution in [3.63, 3.8) is 0 Å². The van der Waals surface area contributed by atoms with Gasteiger partial charge >= 0.3 is 12.4 Å². The monoisotopic (exact) mass is 861 g/mol. The van der Waals surface area contributed by atoms with Gasteiger partial charge in [-0.1, -0.05) is 30.3 Å². The van der Waals surface area contributed by atoms with Gasteiger partial charge in [0.25, 0.3) is 33.7 Å². The van der Waals surface area contributed by atoms with E-state index in [0.29, 0.717) is 33.4 Å². The van der Waals surface area contributed by atoms with Gasteiger partial charge in [-0.3, -0.25) is 28.8 Å². The number of carbonyl (C=O) groups is 4. The van der Waals surface area contributed by atoms with Crippen molar-refractivity contribution in [2.75, 3.05) is 16.7 Å². The number of benzene rings is 5. The number of rotatable bonds is 8. The van der Waals surface area contributed by atoms with Crippen LogP contribution in [0.5, 0.6) is 0 Å². The fraction of sp³-hybridized carbons (Fsp3) is 0.244. The molecule has 5 aromatic carbocycles. The predicted molar refractivity (Wildman–Crippen MR) is 215 cm³/mol. The minimum atomic E-state index is -4.96. The molecule has 7 rings (SSSR count). The second-order valence-electron chi connectivity index (χ2n) is 15.6. The number of amides is 4. The quantitative estimate of drug-likeness (QED) is 0.123. The third kappa shape index (κ3) is 6.95. The lowest BCUT2D eigenvalue weighted by Crippen LogP contribution is -2.41. The van der Waals surface area contributed by atoms with E-state index in [1.54, 1.807) is 45.9 Å². The maximum absolute atomic E-state index is 15.2. The van der Waals surface area contributed by atoms with Gasteiger partial charge in [-0.25, -0.2) is 13.3 Å². The lowest BCUT2D eigenvalue weighted by Gasteiger charge is -2.33. The Hall–Kier alpha value is -6.29. The van der Waals surface area contributed by atoms with Crippen LogP contribution in [0.3, 0.4) is 0 Å². The summed E-state index contributed by atoms with van der Waals surface area (Å²) in [5.41, 5.74) is -1.23. The van der Waals surface area contributed by atoms with Crippen molar-refractivity contribution in [2.45, 2.75) is 70.6 Å². The van der Waals surface area contributed by atoms with Crippen LogP contribution < -0.4 is 9.62 Å². The number of aryl methyl sites for hydroxylation is 3. The molecule has 316 valence electrons. The lowest BCUT2D eigenvalue weighted by molar-refractivity contribution is -0.173. The second kappa shape index (κ2) is 14.4. The molecule has 2 aliphatic rings. The molecule has 0 radical (unpaired) electrons. The summed E-state index contributed by atoms with van der Waals surface area (Å²) in [4.78, 5) is 54.8. The number of hydrogen-bond donors (Lipinski definition) is 1. The molecule has 1 unspecified atom stereocenters. The fourth-order valence-corrected chi connectivity index (χ4v) is 9.80. The Bertz CT molecular complexity index is 2850. The van der Waals surface area contributed by atoms with Crippen molar-refractivity contribution in [1.29, 1.82) is 0 Å². The first kappa shape index (κ1) is 42.8. The number of carbonyl (C=O) groups excluding carboxylic acids is 4. The van der Waals surface area contributed by atoms with Crippen molar-refractivity contribution in [3.8, 4) is 0 Å². The first-order valence-corrected chi connectivity index (χ1v) is 20.2. The average Bonchev–Trinajstić information content (AvgIpc) is 3.54. The van der Waals surface area contributed by atoms with Crippen molar-refractivity contribution in [2.24, 2.45) is 0 Å². The number of nitrogens with one attached hydrogen (secondary N) is 1. The van der Waals surface area contributed by atoms with Crippen LogP contribution in [-0.4, -0.2) is 50.2 Å². The van der Waals surface area contributed by atoms with E-state index in [2.05, 4.69) is 4.72 Å². The number of alkyl halides is 6. The number of anilines is 2. The summed E-state index contributed by atoms with van der Waals surface area (Å²) in [6.07, 6.45) is -9.53. The Kier molecular flexibility index (Phi) is 10.1. The maximum atomic E-state index is 15.2. The summed E-state index contributed by atoms with van der Waals surface area (Å²) < 4.78 is 115. The standard InChI is InChI=1S/C45H37F6N3O6S/c1-22-18-28(38(26(5)25(22)4)61(59,60)52-32-12-8-29(9-13-32)44(46,47)48)19-27-16-23(2)37(24(3)17-27)54-41(57)34-15-11-31(21-36(34)42(54)58)43(6,45(49,50)51)30-10-14-33-35(20-30)40(56)53(7)39(33)55/h8-18,20-21,52H,19H2,1-7H3. The number of imide groups is 2. The zero-order valence-corrected chi connectivity index (χ0v) is 34.5. The number of sulfonamides is 1. The number of hydrogen-bond acceptors (Lipinski definition) is 6.